The summed E-state index contributed by atoms with van der Waals surface area (Å²) in [5, 5.41) is 20.4. The highest BCUT2D eigenvalue weighted by Gasteiger charge is 2.32. The first-order valence-electron chi connectivity index (χ1n) is 8.10. The van der Waals surface area contributed by atoms with E-state index < -0.39 is 5.25 Å². The summed E-state index contributed by atoms with van der Waals surface area (Å²) < 4.78 is 0. The van der Waals surface area contributed by atoms with Crippen LogP contribution in [0.25, 0.3) is 0 Å². The number of thioether (sulfide) groups is 1. The minimum Gasteiger partial charge on any atom is -0.507 e. The number of benzene rings is 2. The van der Waals surface area contributed by atoms with Crippen LogP contribution in [0.2, 0.25) is 5.02 Å². The smallest absolute Gasteiger partial charge is 0.240 e. The Kier molecular flexibility index (Phi) is 5.93. The molecule has 6 nitrogen and oxygen atoms in total. The number of aryl methyl sites for hydroxylation is 1. The van der Waals surface area contributed by atoms with E-state index in [1.165, 1.54) is 6.21 Å². The number of ketones is 1. The number of hydrogen-bond donors (Lipinski definition) is 2. The van der Waals surface area contributed by atoms with Crippen molar-refractivity contribution in [3.05, 3.63) is 64.2 Å². The van der Waals surface area contributed by atoms with Gasteiger partial charge in [0.15, 0.2) is 11.0 Å². The molecule has 1 amide bonds. The third-order valence-electron chi connectivity index (χ3n) is 3.91. The molecular formula is C19H16ClN3O3S. The van der Waals surface area contributed by atoms with Gasteiger partial charge in [-0.05, 0) is 42.8 Å². The number of carbonyl (C=O) groups excluding carboxylic acids is 2. The molecule has 0 radical (unpaired) electrons. The lowest BCUT2D eigenvalue weighted by molar-refractivity contribution is -0.118. The number of Topliss-reactive ketones (excluding diaryl/α,β-unsaturated/α-hetero) is 1. The lowest BCUT2D eigenvalue weighted by atomic mass is 10.0. The second kappa shape index (κ2) is 8.37. The maximum absolute atomic E-state index is 12.4. The predicted molar refractivity (Wildman–Crippen MR) is 108 cm³/mol. The predicted octanol–water partition coefficient (Wildman–Crippen LogP) is 3.55. The van der Waals surface area contributed by atoms with Crippen molar-refractivity contribution in [1.29, 1.82) is 0 Å². The molecule has 2 aromatic carbocycles. The molecule has 1 fully saturated rings. The van der Waals surface area contributed by atoms with E-state index in [1.807, 2.05) is 6.92 Å². The SMILES string of the molecule is Cc1cc(C(=O)CC2S/C(=N\N=C\c3ccccc3O)NC2=O)ccc1Cl. The number of aromatic hydroxyl groups is 1. The zero-order valence-corrected chi connectivity index (χ0v) is 15.9. The Hall–Kier alpha value is -2.64. The number of carbonyl (C=O) groups is 2. The van der Waals surface area contributed by atoms with Gasteiger partial charge in [0.05, 0.1) is 11.5 Å². The molecule has 1 unspecified atom stereocenters. The van der Waals surface area contributed by atoms with E-state index in [4.69, 9.17) is 11.6 Å². The van der Waals surface area contributed by atoms with E-state index >= 15 is 0 Å². The fraction of sp³-hybridized carbons (Fsp3) is 0.158. The second-order valence-electron chi connectivity index (χ2n) is 5.90. The van der Waals surface area contributed by atoms with Crippen molar-refractivity contribution < 1.29 is 14.7 Å². The van der Waals surface area contributed by atoms with Gasteiger partial charge in [-0.3, -0.25) is 9.59 Å². The number of halogens is 1. The molecule has 1 saturated heterocycles. The molecule has 2 N–H and O–H groups in total. The first-order valence-corrected chi connectivity index (χ1v) is 9.35. The second-order valence-corrected chi connectivity index (χ2v) is 7.49. The number of phenols is 1. The number of rotatable bonds is 5. The molecule has 27 heavy (non-hydrogen) atoms. The maximum Gasteiger partial charge on any atom is 0.240 e. The van der Waals surface area contributed by atoms with Gasteiger partial charge in [-0.25, -0.2) is 0 Å². The fourth-order valence-corrected chi connectivity index (χ4v) is 3.47. The van der Waals surface area contributed by atoms with E-state index in [2.05, 4.69) is 15.5 Å². The van der Waals surface area contributed by atoms with E-state index in [9.17, 15) is 14.7 Å². The molecule has 2 aromatic rings. The van der Waals surface area contributed by atoms with Gasteiger partial charge < -0.3 is 10.4 Å². The number of phenolic OH excluding ortho intramolecular Hbond substituents is 1. The van der Waals surface area contributed by atoms with E-state index in [-0.39, 0.29) is 23.9 Å². The standard InChI is InChI=1S/C19H16ClN3O3S/c1-11-8-12(6-7-14(11)20)16(25)9-17-18(26)22-19(27-17)23-21-10-13-4-2-3-5-15(13)24/h2-8,10,17,24H,9H2,1H3,(H,22,23,26)/b21-10+. The van der Waals surface area contributed by atoms with Crippen LogP contribution in [0.4, 0.5) is 0 Å². The molecule has 3 rings (SSSR count). The van der Waals surface area contributed by atoms with Crippen molar-refractivity contribution in [3.8, 4) is 5.75 Å². The van der Waals surface area contributed by atoms with Gasteiger partial charge >= 0.3 is 0 Å². The number of amidine groups is 1. The lowest BCUT2D eigenvalue weighted by Crippen LogP contribution is -2.26. The Labute approximate surface area is 165 Å². The molecule has 8 heteroatoms. The normalized spacial score (nSPS) is 18.2. The van der Waals surface area contributed by atoms with Crippen molar-refractivity contribution >= 4 is 46.4 Å². The number of hydrogen-bond acceptors (Lipinski definition) is 6. The highest BCUT2D eigenvalue weighted by Crippen LogP contribution is 2.25. The Morgan fingerprint density at radius 3 is 2.85 bits per heavy atom. The summed E-state index contributed by atoms with van der Waals surface area (Å²) in [5.74, 6) is -0.330. The van der Waals surface area contributed by atoms with Gasteiger partial charge in [0.25, 0.3) is 0 Å². The Balaban J connectivity index is 1.64. The summed E-state index contributed by atoms with van der Waals surface area (Å²) >= 11 is 7.13. The van der Waals surface area contributed by atoms with Crippen LogP contribution in [-0.2, 0) is 4.79 Å². The number of nitrogens with zero attached hydrogens (tertiary/aromatic N) is 2. The summed E-state index contributed by atoms with van der Waals surface area (Å²) in [6.07, 6.45) is 1.45. The fourth-order valence-electron chi connectivity index (χ4n) is 2.43. The van der Waals surface area contributed by atoms with Gasteiger partial charge in [-0.15, -0.1) is 5.10 Å². The number of para-hydroxylation sites is 1. The van der Waals surface area contributed by atoms with Gasteiger partial charge in [0.2, 0.25) is 5.91 Å². The minimum absolute atomic E-state index is 0.0553. The van der Waals surface area contributed by atoms with E-state index in [0.717, 1.165) is 17.3 Å². The quantitative estimate of drug-likeness (QED) is 0.455. The van der Waals surface area contributed by atoms with Crippen molar-refractivity contribution in [1.82, 2.24) is 5.32 Å². The summed E-state index contributed by atoms with van der Waals surface area (Å²) in [7, 11) is 0. The summed E-state index contributed by atoms with van der Waals surface area (Å²) in [5.41, 5.74) is 1.85. The van der Waals surface area contributed by atoms with Crippen molar-refractivity contribution in [2.24, 2.45) is 10.2 Å². The summed E-state index contributed by atoms with van der Waals surface area (Å²) in [6, 6.07) is 11.7. The molecule has 1 atom stereocenters. The molecular weight excluding hydrogens is 386 g/mol. The Bertz CT molecular complexity index is 959. The first kappa shape index (κ1) is 19.1. The topological polar surface area (TPSA) is 91.1 Å². The average Bonchev–Trinajstić information content (AvgIpc) is 2.98. The molecule has 1 aliphatic heterocycles. The molecule has 1 heterocycles. The van der Waals surface area contributed by atoms with Crippen LogP contribution in [-0.4, -0.2) is 33.4 Å². The zero-order valence-electron chi connectivity index (χ0n) is 14.3. The van der Waals surface area contributed by atoms with Crippen molar-refractivity contribution in [2.45, 2.75) is 18.6 Å². The van der Waals surface area contributed by atoms with Crippen LogP contribution < -0.4 is 5.32 Å². The van der Waals surface area contributed by atoms with Gasteiger partial charge in [-0.1, -0.05) is 35.5 Å². The van der Waals surface area contributed by atoms with Crippen molar-refractivity contribution in [3.63, 3.8) is 0 Å². The maximum atomic E-state index is 12.4. The molecule has 0 spiro atoms. The molecule has 0 bridgehead atoms. The summed E-state index contributed by atoms with van der Waals surface area (Å²) in [6.45, 7) is 1.82. The molecule has 138 valence electrons. The Morgan fingerprint density at radius 2 is 2.11 bits per heavy atom. The third-order valence-corrected chi connectivity index (χ3v) is 5.41. The first-order chi connectivity index (χ1) is 12.9. The average molecular weight is 402 g/mol. The minimum atomic E-state index is -0.562. The van der Waals surface area contributed by atoms with Crippen LogP contribution >= 0.6 is 23.4 Å². The van der Waals surface area contributed by atoms with Crippen LogP contribution in [0.3, 0.4) is 0 Å². The molecule has 0 aromatic heterocycles. The third kappa shape index (κ3) is 4.75. The lowest BCUT2D eigenvalue weighted by Gasteiger charge is -2.06. The van der Waals surface area contributed by atoms with Crippen LogP contribution in [0.15, 0.2) is 52.7 Å². The summed E-state index contributed by atoms with van der Waals surface area (Å²) in [4.78, 5) is 24.5. The van der Waals surface area contributed by atoms with Gasteiger partial charge in [0.1, 0.15) is 5.75 Å². The van der Waals surface area contributed by atoms with Crippen molar-refractivity contribution in [2.75, 3.05) is 0 Å². The van der Waals surface area contributed by atoms with Gasteiger partial charge in [0, 0.05) is 22.6 Å². The monoisotopic (exact) mass is 401 g/mol. The molecule has 0 saturated carbocycles. The zero-order chi connectivity index (χ0) is 19.4. The highest BCUT2D eigenvalue weighted by atomic mass is 35.5. The molecule has 1 aliphatic rings. The van der Waals surface area contributed by atoms with Crippen LogP contribution in [0, 0.1) is 6.92 Å². The Morgan fingerprint density at radius 1 is 1.33 bits per heavy atom. The number of amides is 1. The van der Waals surface area contributed by atoms with Crippen LogP contribution in [0.1, 0.15) is 27.9 Å². The highest BCUT2D eigenvalue weighted by molar-refractivity contribution is 8.15. The molecule has 0 aliphatic carbocycles. The van der Waals surface area contributed by atoms with E-state index in [0.29, 0.717) is 21.3 Å². The largest absolute Gasteiger partial charge is 0.507 e. The van der Waals surface area contributed by atoms with Gasteiger partial charge in [-0.2, -0.15) is 5.10 Å². The van der Waals surface area contributed by atoms with Crippen LogP contribution in [0.5, 0.6) is 5.75 Å². The number of nitrogens with one attached hydrogen (secondary N) is 1. The van der Waals surface area contributed by atoms with E-state index in [1.54, 1.807) is 42.5 Å².